The molecule has 3 rings (SSSR count). The second kappa shape index (κ2) is 5.59. The predicted molar refractivity (Wildman–Crippen MR) is 72.1 cm³/mol. The molecule has 3 nitrogen and oxygen atoms in total. The molecule has 18 heavy (non-hydrogen) atoms. The summed E-state index contributed by atoms with van der Waals surface area (Å²) in [5.41, 5.74) is 0. The van der Waals surface area contributed by atoms with E-state index < -0.39 is 0 Å². The minimum Gasteiger partial charge on any atom is -0.303 e. The van der Waals surface area contributed by atoms with Crippen molar-refractivity contribution >= 4 is 0 Å². The van der Waals surface area contributed by atoms with Crippen molar-refractivity contribution in [3.05, 3.63) is 0 Å². The van der Waals surface area contributed by atoms with Gasteiger partial charge in [0.15, 0.2) is 0 Å². The molecule has 0 amide bonds. The topological polar surface area (TPSA) is 30.3 Å². The van der Waals surface area contributed by atoms with Gasteiger partial charge in [-0.3, -0.25) is 4.90 Å². The summed E-state index contributed by atoms with van der Waals surface area (Å²) in [6.07, 6.45) is 7.62. The lowest BCUT2D eigenvalue weighted by Crippen LogP contribution is -2.36. The molecule has 0 aromatic rings. The van der Waals surface area contributed by atoms with E-state index in [1.165, 1.54) is 64.8 Å². The zero-order chi connectivity index (χ0) is 12.4. The lowest BCUT2D eigenvalue weighted by molar-refractivity contribution is 0.202. The fourth-order valence-electron chi connectivity index (χ4n) is 3.81. The van der Waals surface area contributed by atoms with Crippen LogP contribution in [0.15, 0.2) is 0 Å². The molecule has 1 aliphatic carbocycles. The van der Waals surface area contributed by atoms with Gasteiger partial charge in [0.1, 0.15) is 0 Å². The van der Waals surface area contributed by atoms with Crippen molar-refractivity contribution < 1.29 is 0 Å². The number of rotatable bonds is 5. The van der Waals surface area contributed by atoms with Gasteiger partial charge in [-0.2, -0.15) is 5.26 Å². The van der Waals surface area contributed by atoms with Gasteiger partial charge < -0.3 is 4.90 Å². The molecule has 0 radical (unpaired) electrons. The largest absolute Gasteiger partial charge is 0.303 e. The quantitative estimate of drug-likeness (QED) is 0.745. The zero-order valence-corrected chi connectivity index (χ0v) is 11.4. The van der Waals surface area contributed by atoms with Gasteiger partial charge in [0.05, 0.1) is 12.5 Å². The van der Waals surface area contributed by atoms with E-state index in [-0.39, 0.29) is 0 Å². The number of likely N-dealkylation sites (tertiary alicyclic amines) is 2. The Hall–Kier alpha value is -0.590. The fourth-order valence-corrected chi connectivity index (χ4v) is 3.81. The average molecular weight is 247 g/mol. The lowest BCUT2D eigenvalue weighted by atomic mass is 10.1. The van der Waals surface area contributed by atoms with Crippen molar-refractivity contribution in [2.75, 3.05) is 32.7 Å². The van der Waals surface area contributed by atoms with E-state index in [2.05, 4.69) is 15.9 Å². The number of nitriles is 1. The standard InChI is InChI=1S/C15H25N3/c16-7-5-15(14-3-4-14)18-10-6-13(12-18)11-17-8-1-2-9-17/h13-15H,1-6,8-12H2/t13-,15+/m0/s1. The summed E-state index contributed by atoms with van der Waals surface area (Å²) < 4.78 is 0. The highest BCUT2D eigenvalue weighted by atomic mass is 15.2. The third kappa shape index (κ3) is 2.87. The van der Waals surface area contributed by atoms with E-state index in [0.29, 0.717) is 6.04 Å². The van der Waals surface area contributed by atoms with Crippen LogP contribution in [0.2, 0.25) is 0 Å². The maximum atomic E-state index is 8.98. The third-order valence-corrected chi connectivity index (χ3v) is 4.97. The van der Waals surface area contributed by atoms with Gasteiger partial charge in [-0.1, -0.05) is 0 Å². The molecule has 3 aliphatic rings. The van der Waals surface area contributed by atoms with Crippen LogP contribution in [0, 0.1) is 23.2 Å². The van der Waals surface area contributed by atoms with E-state index >= 15 is 0 Å². The molecule has 0 aromatic heterocycles. The predicted octanol–water partition coefficient (Wildman–Crippen LogP) is 2.10. The van der Waals surface area contributed by atoms with Crippen LogP contribution < -0.4 is 0 Å². The molecule has 0 unspecified atom stereocenters. The summed E-state index contributed by atoms with van der Waals surface area (Å²) in [6.45, 7) is 6.43. The van der Waals surface area contributed by atoms with Crippen LogP contribution in [0.3, 0.4) is 0 Å². The molecule has 3 heteroatoms. The Kier molecular flexibility index (Phi) is 3.86. The molecular weight excluding hydrogens is 222 g/mol. The Bertz CT molecular complexity index is 312. The van der Waals surface area contributed by atoms with Crippen LogP contribution in [0.1, 0.15) is 38.5 Å². The maximum Gasteiger partial charge on any atom is 0.0638 e. The van der Waals surface area contributed by atoms with Crippen LogP contribution in [-0.4, -0.2) is 48.6 Å². The first kappa shape index (κ1) is 12.4. The second-order valence-corrected chi connectivity index (χ2v) is 6.42. The van der Waals surface area contributed by atoms with Gasteiger partial charge in [0, 0.05) is 19.1 Å². The molecular formula is C15H25N3. The molecule has 0 aromatic carbocycles. The van der Waals surface area contributed by atoms with Gasteiger partial charge >= 0.3 is 0 Å². The first-order valence-electron chi connectivity index (χ1n) is 7.70. The van der Waals surface area contributed by atoms with Crippen LogP contribution in [0.5, 0.6) is 0 Å². The van der Waals surface area contributed by atoms with E-state index in [0.717, 1.165) is 18.3 Å². The summed E-state index contributed by atoms with van der Waals surface area (Å²) in [7, 11) is 0. The Morgan fingerprint density at radius 2 is 1.89 bits per heavy atom. The minimum atomic E-state index is 0.582. The van der Waals surface area contributed by atoms with Crippen LogP contribution in [0.4, 0.5) is 0 Å². The smallest absolute Gasteiger partial charge is 0.0638 e. The Morgan fingerprint density at radius 3 is 2.56 bits per heavy atom. The van der Waals surface area contributed by atoms with Gasteiger partial charge in [0.25, 0.3) is 0 Å². The van der Waals surface area contributed by atoms with Crippen LogP contribution >= 0.6 is 0 Å². The zero-order valence-electron chi connectivity index (χ0n) is 11.4. The molecule has 0 bridgehead atoms. The molecule has 100 valence electrons. The Labute approximate surface area is 111 Å². The first-order chi connectivity index (χ1) is 8.86. The van der Waals surface area contributed by atoms with Crippen molar-refractivity contribution in [1.29, 1.82) is 5.26 Å². The van der Waals surface area contributed by atoms with Gasteiger partial charge in [0.2, 0.25) is 0 Å². The maximum absolute atomic E-state index is 8.98. The summed E-state index contributed by atoms with van der Waals surface area (Å²) in [5, 5.41) is 8.98. The van der Waals surface area contributed by atoms with E-state index in [1.807, 2.05) is 0 Å². The highest BCUT2D eigenvalue weighted by Gasteiger charge is 2.38. The van der Waals surface area contributed by atoms with Gasteiger partial charge in [-0.25, -0.2) is 0 Å². The number of hydrogen-bond acceptors (Lipinski definition) is 3. The number of hydrogen-bond donors (Lipinski definition) is 0. The van der Waals surface area contributed by atoms with Crippen molar-refractivity contribution in [2.24, 2.45) is 11.8 Å². The van der Waals surface area contributed by atoms with Crippen molar-refractivity contribution in [3.8, 4) is 6.07 Å². The Balaban J connectivity index is 1.49. The monoisotopic (exact) mass is 247 g/mol. The first-order valence-corrected chi connectivity index (χ1v) is 7.70. The lowest BCUT2D eigenvalue weighted by Gasteiger charge is -2.26. The molecule has 0 N–H and O–H groups in total. The molecule has 3 fully saturated rings. The van der Waals surface area contributed by atoms with Crippen LogP contribution in [0.25, 0.3) is 0 Å². The molecule has 2 saturated heterocycles. The summed E-state index contributed by atoms with van der Waals surface area (Å²) in [6, 6.07) is 2.98. The summed E-state index contributed by atoms with van der Waals surface area (Å²) in [4.78, 5) is 5.27. The van der Waals surface area contributed by atoms with Crippen molar-refractivity contribution in [2.45, 2.75) is 44.6 Å². The summed E-state index contributed by atoms with van der Waals surface area (Å²) >= 11 is 0. The SMILES string of the molecule is N#CC[C@H](C1CC1)N1CC[C@@H](CN2CCCC2)C1. The third-order valence-electron chi connectivity index (χ3n) is 4.97. The number of nitrogens with zero attached hydrogens (tertiary/aromatic N) is 3. The molecule has 1 saturated carbocycles. The van der Waals surface area contributed by atoms with Crippen LogP contribution in [-0.2, 0) is 0 Å². The second-order valence-electron chi connectivity index (χ2n) is 6.42. The molecule has 2 aliphatic heterocycles. The minimum absolute atomic E-state index is 0.582. The highest BCUT2D eigenvalue weighted by molar-refractivity contribution is 4.96. The van der Waals surface area contributed by atoms with E-state index in [4.69, 9.17) is 5.26 Å². The molecule has 2 heterocycles. The van der Waals surface area contributed by atoms with Crippen molar-refractivity contribution in [1.82, 2.24) is 9.80 Å². The fraction of sp³-hybridized carbons (Fsp3) is 0.933. The van der Waals surface area contributed by atoms with Gasteiger partial charge in [-0.15, -0.1) is 0 Å². The highest BCUT2D eigenvalue weighted by Crippen LogP contribution is 2.38. The van der Waals surface area contributed by atoms with E-state index in [9.17, 15) is 0 Å². The van der Waals surface area contributed by atoms with Gasteiger partial charge in [-0.05, 0) is 63.6 Å². The normalized spacial score (nSPS) is 31.6. The molecule has 2 atom stereocenters. The summed E-state index contributed by atoms with van der Waals surface area (Å²) in [5.74, 6) is 1.71. The van der Waals surface area contributed by atoms with E-state index in [1.54, 1.807) is 0 Å². The Morgan fingerprint density at radius 1 is 1.11 bits per heavy atom. The average Bonchev–Trinajstić information content (AvgIpc) is 2.88. The molecule has 0 spiro atoms. The van der Waals surface area contributed by atoms with Crippen molar-refractivity contribution in [3.63, 3.8) is 0 Å².